The first-order chi connectivity index (χ1) is 13.7. The topological polar surface area (TPSA) is 87.4 Å². The molecule has 1 atom stereocenters. The molecule has 1 unspecified atom stereocenters. The van der Waals surface area contributed by atoms with E-state index in [1.165, 1.54) is 6.07 Å². The second-order valence-corrected chi connectivity index (χ2v) is 7.62. The van der Waals surface area contributed by atoms with Crippen molar-refractivity contribution >= 4 is 11.5 Å². The third kappa shape index (κ3) is 3.22. The van der Waals surface area contributed by atoms with Crippen molar-refractivity contribution < 1.29 is 9.50 Å². The van der Waals surface area contributed by atoms with E-state index in [0.29, 0.717) is 28.6 Å². The Labute approximate surface area is 162 Å². The van der Waals surface area contributed by atoms with Crippen LogP contribution in [0.4, 0.5) is 10.2 Å². The molecule has 1 aliphatic carbocycles. The number of aromatic nitrogens is 4. The fourth-order valence-electron chi connectivity index (χ4n) is 3.77. The van der Waals surface area contributed by atoms with Crippen molar-refractivity contribution in [2.45, 2.75) is 44.2 Å². The highest BCUT2D eigenvalue weighted by molar-refractivity contribution is 5.63. The summed E-state index contributed by atoms with van der Waals surface area (Å²) in [4.78, 5) is 8.90. The predicted molar refractivity (Wildman–Crippen MR) is 104 cm³/mol. The molecule has 4 heterocycles. The maximum absolute atomic E-state index is 14.9. The number of aliphatic hydroxyl groups is 1. The molecule has 1 saturated heterocycles. The molecule has 5 rings (SSSR count). The van der Waals surface area contributed by atoms with Gasteiger partial charge in [-0.15, -0.1) is 0 Å². The van der Waals surface area contributed by atoms with Gasteiger partial charge >= 0.3 is 0 Å². The number of pyridine rings is 1. The van der Waals surface area contributed by atoms with Crippen LogP contribution in [-0.2, 0) is 6.61 Å². The lowest BCUT2D eigenvalue weighted by Crippen LogP contribution is -2.38. The number of hydrogen-bond acceptors (Lipinski definition) is 6. The molecule has 146 valence electrons. The first-order valence-electron chi connectivity index (χ1n) is 9.85. The van der Waals surface area contributed by atoms with Gasteiger partial charge in [-0.05, 0) is 50.4 Å². The molecular weight excluding hydrogens is 359 g/mol. The summed E-state index contributed by atoms with van der Waals surface area (Å²) in [7, 11) is 0. The largest absolute Gasteiger partial charge is 0.392 e. The van der Waals surface area contributed by atoms with E-state index in [1.54, 1.807) is 10.7 Å². The van der Waals surface area contributed by atoms with Gasteiger partial charge in [0.25, 0.3) is 0 Å². The van der Waals surface area contributed by atoms with E-state index in [0.717, 1.165) is 44.5 Å². The van der Waals surface area contributed by atoms with E-state index < -0.39 is 5.82 Å². The number of aliphatic hydroxyl groups excluding tert-OH is 1. The lowest BCUT2D eigenvalue weighted by atomic mass is 10.1. The Bertz CT molecular complexity index is 1010. The van der Waals surface area contributed by atoms with Crippen molar-refractivity contribution in [2.24, 2.45) is 0 Å². The highest BCUT2D eigenvalue weighted by atomic mass is 19.1. The Morgan fingerprint density at radius 2 is 2.18 bits per heavy atom. The first kappa shape index (κ1) is 17.5. The monoisotopic (exact) mass is 382 g/mol. The maximum Gasteiger partial charge on any atom is 0.154 e. The number of anilines is 1. The molecule has 0 bridgehead atoms. The summed E-state index contributed by atoms with van der Waals surface area (Å²) in [5.41, 5.74) is 2.83. The van der Waals surface area contributed by atoms with Gasteiger partial charge in [-0.25, -0.2) is 18.9 Å². The zero-order chi connectivity index (χ0) is 19.1. The van der Waals surface area contributed by atoms with Gasteiger partial charge in [0, 0.05) is 24.1 Å². The lowest BCUT2D eigenvalue weighted by Gasteiger charge is -2.25. The average molecular weight is 382 g/mol. The fraction of sp³-hybridized carbons (Fsp3) is 0.450. The molecule has 8 heteroatoms. The molecular formula is C20H23FN6O. The summed E-state index contributed by atoms with van der Waals surface area (Å²) in [6, 6.07) is 5.46. The zero-order valence-electron chi connectivity index (χ0n) is 15.5. The van der Waals surface area contributed by atoms with Crippen LogP contribution in [0.25, 0.3) is 17.0 Å². The van der Waals surface area contributed by atoms with Crippen LogP contribution in [-0.4, -0.2) is 43.8 Å². The van der Waals surface area contributed by atoms with E-state index in [4.69, 9.17) is 0 Å². The standard InChI is InChI=1S/C20H23FN6O/c21-15-8-13(11-28)20(24-14-2-1-7-22-9-14)25-19(15)17-10-23-18-6-5-16(12-3-4-12)26-27(17)18/h5-6,8,10,12,14,22,28H,1-4,7,9,11H2,(H,24,25). The molecule has 2 fully saturated rings. The van der Waals surface area contributed by atoms with E-state index in [2.05, 4.69) is 25.7 Å². The number of nitrogens with one attached hydrogen (secondary N) is 2. The lowest BCUT2D eigenvalue weighted by molar-refractivity contribution is 0.281. The number of imidazole rings is 1. The molecule has 0 amide bonds. The van der Waals surface area contributed by atoms with Crippen LogP contribution in [0.1, 0.15) is 42.9 Å². The Morgan fingerprint density at radius 1 is 1.29 bits per heavy atom. The van der Waals surface area contributed by atoms with Crippen molar-refractivity contribution in [2.75, 3.05) is 18.4 Å². The summed E-state index contributed by atoms with van der Waals surface area (Å²) < 4.78 is 16.5. The Morgan fingerprint density at radius 3 is 2.93 bits per heavy atom. The molecule has 0 aromatic carbocycles. The van der Waals surface area contributed by atoms with Crippen LogP contribution in [0.2, 0.25) is 0 Å². The minimum Gasteiger partial charge on any atom is -0.392 e. The molecule has 1 aliphatic heterocycles. The van der Waals surface area contributed by atoms with E-state index in [-0.39, 0.29) is 18.3 Å². The zero-order valence-corrected chi connectivity index (χ0v) is 15.5. The van der Waals surface area contributed by atoms with Crippen molar-refractivity contribution in [1.82, 2.24) is 24.9 Å². The molecule has 2 aliphatic rings. The van der Waals surface area contributed by atoms with Crippen LogP contribution >= 0.6 is 0 Å². The maximum atomic E-state index is 14.9. The first-order valence-corrected chi connectivity index (χ1v) is 9.85. The van der Waals surface area contributed by atoms with E-state index in [1.807, 2.05) is 12.1 Å². The number of piperidine rings is 1. The smallest absolute Gasteiger partial charge is 0.154 e. The van der Waals surface area contributed by atoms with Gasteiger partial charge in [0.15, 0.2) is 11.5 Å². The molecule has 0 spiro atoms. The number of fused-ring (bicyclic) bond motifs is 1. The van der Waals surface area contributed by atoms with Crippen molar-refractivity contribution in [3.63, 3.8) is 0 Å². The van der Waals surface area contributed by atoms with E-state index in [9.17, 15) is 9.50 Å². The molecule has 0 radical (unpaired) electrons. The van der Waals surface area contributed by atoms with E-state index >= 15 is 0 Å². The third-order valence-corrected chi connectivity index (χ3v) is 5.48. The van der Waals surface area contributed by atoms with Crippen molar-refractivity contribution in [1.29, 1.82) is 0 Å². The molecule has 3 N–H and O–H groups in total. The van der Waals surface area contributed by atoms with Crippen LogP contribution in [0.3, 0.4) is 0 Å². The molecule has 3 aromatic heterocycles. The number of halogens is 1. The van der Waals surface area contributed by atoms with Gasteiger partial charge in [0.05, 0.1) is 18.5 Å². The number of rotatable bonds is 5. The van der Waals surface area contributed by atoms with Gasteiger partial charge in [-0.2, -0.15) is 5.10 Å². The summed E-state index contributed by atoms with van der Waals surface area (Å²) in [5, 5.41) is 21.1. The number of hydrogen-bond donors (Lipinski definition) is 3. The van der Waals surface area contributed by atoms with Crippen LogP contribution in [0.15, 0.2) is 24.4 Å². The summed E-state index contributed by atoms with van der Waals surface area (Å²) in [5.74, 6) is 0.517. The second kappa shape index (κ2) is 7.10. The highest BCUT2D eigenvalue weighted by Crippen LogP contribution is 2.39. The van der Waals surface area contributed by atoms with Crippen molar-refractivity contribution in [3.05, 3.63) is 41.5 Å². The third-order valence-electron chi connectivity index (χ3n) is 5.48. The number of nitrogens with zero attached hydrogens (tertiary/aromatic N) is 4. The quantitative estimate of drug-likeness (QED) is 0.628. The summed E-state index contributed by atoms with van der Waals surface area (Å²) >= 11 is 0. The average Bonchev–Trinajstić information content (AvgIpc) is 3.49. The van der Waals surface area contributed by atoms with Crippen LogP contribution in [0.5, 0.6) is 0 Å². The van der Waals surface area contributed by atoms with Gasteiger partial charge in [-0.1, -0.05) is 0 Å². The van der Waals surface area contributed by atoms with Gasteiger partial charge in [0.2, 0.25) is 0 Å². The van der Waals surface area contributed by atoms with Crippen molar-refractivity contribution in [3.8, 4) is 11.4 Å². The Kier molecular flexibility index (Phi) is 4.44. The molecule has 7 nitrogen and oxygen atoms in total. The molecule has 28 heavy (non-hydrogen) atoms. The molecule has 1 saturated carbocycles. The van der Waals surface area contributed by atoms with Gasteiger partial charge < -0.3 is 15.7 Å². The van der Waals surface area contributed by atoms with Gasteiger partial charge in [-0.3, -0.25) is 0 Å². The van der Waals surface area contributed by atoms with Gasteiger partial charge in [0.1, 0.15) is 17.2 Å². The Balaban J connectivity index is 1.56. The summed E-state index contributed by atoms with van der Waals surface area (Å²) in [6.07, 6.45) is 5.97. The Hall–Kier alpha value is -2.58. The minimum atomic E-state index is -0.489. The highest BCUT2D eigenvalue weighted by Gasteiger charge is 2.26. The summed E-state index contributed by atoms with van der Waals surface area (Å²) in [6.45, 7) is 1.55. The van der Waals surface area contributed by atoms with Crippen LogP contribution < -0.4 is 10.6 Å². The fourth-order valence-corrected chi connectivity index (χ4v) is 3.77. The predicted octanol–water partition coefficient (Wildman–Crippen LogP) is 2.46. The SMILES string of the molecule is OCc1cc(F)c(-c2cnc3ccc(C4CC4)nn23)nc1NC1CCCNC1. The normalized spacial score (nSPS) is 19.9. The second-order valence-electron chi connectivity index (χ2n) is 7.62. The van der Waals surface area contributed by atoms with Crippen LogP contribution in [0, 0.1) is 5.82 Å². The minimum absolute atomic E-state index is 0.191. The molecule has 3 aromatic rings.